The third-order valence-corrected chi connectivity index (χ3v) is 5.55. The number of carbonyl (C=O) groups is 1. The molecular weight excluding hydrogens is 296 g/mol. The van der Waals surface area contributed by atoms with Crippen LogP contribution >= 0.6 is 11.6 Å². The molecule has 120 valence electrons. The van der Waals surface area contributed by atoms with Crippen LogP contribution in [0.3, 0.4) is 0 Å². The van der Waals surface area contributed by atoms with E-state index in [9.17, 15) is 4.79 Å². The van der Waals surface area contributed by atoms with E-state index < -0.39 is 0 Å². The number of hydrogen-bond donors (Lipinski definition) is 1. The number of benzene rings is 1. The topological polar surface area (TPSA) is 46.3 Å². The SMILES string of the molecule is N[C@H]1CN(CC2CCCCC2)C(=O)C[C@@H]1c1ccccc1Cl. The molecule has 0 aromatic heterocycles. The molecule has 2 fully saturated rings. The molecule has 0 spiro atoms. The molecular formula is C18H25ClN2O. The normalized spacial score (nSPS) is 27.2. The maximum atomic E-state index is 12.5. The summed E-state index contributed by atoms with van der Waals surface area (Å²) < 4.78 is 0. The summed E-state index contributed by atoms with van der Waals surface area (Å²) in [5.74, 6) is 0.947. The summed E-state index contributed by atoms with van der Waals surface area (Å²) in [4.78, 5) is 14.5. The van der Waals surface area contributed by atoms with Crippen LogP contribution in [0.15, 0.2) is 24.3 Å². The Morgan fingerprint density at radius 2 is 1.91 bits per heavy atom. The molecule has 2 atom stereocenters. The fraction of sp³-hybridized carbons (Fsp3) is 0.611. The molecule has 1 aliphatic heterocycles. The van der Waals surface area contributed by atoms with Gasteiger partial charge in [-0.15, -0.1) is 0 Å². The highest BCUT2D eigenvalue weighted by Crippen LogP contribution is 2.34. The number of halogens is 1. The van der Waals surface area contributed by atoms with Crippen LogP contribution in [0.5, 0.6) is 0 Å². The summed E-state index contributed by atoms with van der Waals surface area (Å²) in [6.07, 6.45) is 6.96. The number of piperidine rings is 1. The van der Waals surface area contributed by atoms with Crippen molar-refractivity contribution in [2.45, 2.75) is 50.5 Å². The van der Waals surface area contributed by atoms with Gasteiger partial charge in [-0.3, -0.25) is 4.79 Å². The Morgan fingerprint density at radius 3 is 2.64 bits per heavy atom. The van der Waals surface area contributed by atoms with Crippen LogP contribution in [0.25, 0.3) is 0 Å². The largest absolute Gasteiger partial charge is 0.341 e. The molecule has 1 heterocycles. The van der Waals surface area contributed by atoms with Crippen LogP contribution in [0.4, 0.5) is 0 Å². The molecule has 3 rings (SSSR count). The number of nitrogens with two attached hydrogens (primary N) is 1. The highest BCUT2D eigenvalue weighted by molar-refractivity contribution is 6.31. The molecule has 0 bridgehead atoms. The third kappa shape index (κ3) is 3.47. The van der Waals surface area contributed by atoms with Crippen LogP contribution < -0.4 is 5.73 Å². The third-order valence-electron chi connectivity index (χ3n) is 5.20. The van der Waals surface area contributed by atoms with E-state index in [1.807, 2.05) is 29.2 Å². The molecule has 1 aromatic rings. The molecule has 3 nitrogen and oxygen atoms in total. The molecule has 22 heavy (non-hydrogen) atoms. The van der Waals surface area contributed by atoms with Gasteiger partial charge in [0.15, 0.2) is 0 Å². The van der Waals surface area contributed by atoms with Crippen molar-refractivity contribution in [2.24, 2.45) is 11.7 Å². The van der Waals surface area contributed by atoms with Crippen molar-refractivity contribution in [2.75, 3.05) is 13.1 Å². The van der Waals surface area contributed by atoms with Gasteiger partial charge in [-0.2, -0.15) is 0 Å². The molecule has 2 N–H and O–H groups in total. The smallest absolute Gasteiger partial charge is 0.223 e. The van der Waals surface area contributed by atoms with E-state index in [2.05, 4.69) is 0 Å². The summed E-state index contributed by atoms with van der Waals surface area (Å²) in [7, 11) is 0. The van der Waals surface area contributed by atoms with Crippen LogP contribution in [-0.4, -0.2) is 29.9 Å². The minimum atomic E-state index is -0.0267. The standard InChI is InChI=1S/C18H25ClN2O/c19-16-9-5-4-8-14(16)15-10-18(22)21(12-17(15)20)11-13-6-2-1-3-7-13/h4-5,8-9,13,15,17H,1-3,6-7,10-12,20H2/t15-,17+/m1/s1. The van der Waals surface area contributed by atoms with Gasteiger partial charge in [-0.25, -0.2) is 0 Å². The maximum absolute atomic E-state index is 12.5. The first-order valence-electron chi connectivity index (χ1n) is 8.43. The second-order valence-electron chi connectivity index (χ2n) is 6.80. The fourth-order valence-electron chi connectivity index (χ4n) is 3.93. The van der Waals surface area contributed by atoms with Gasteiger partial charge in [0.05, 0.1) is 0 Å². The lowest BCUT2D eigenvalue weighted by Gasteiger charge is -2.39. The van der Waals surface area contributed by atoms with Crippen LogP contribution in [0.2, 0.25) is 5.02 Å². The van der Waals surface area contributed by atoms with Crippen LogP contribution in [0, 0.1) is 5.92 Å². The lowest BCUT2D eigenvalue weighted by atomic mass is 9.83. The number of hydrogen-bond acceptors (Lipinski definition) is 2. The Kier molecular flexibility index (Phi) is 5.04. The molecule has 1 aromatic carbocycles. The van der Waals surface area contributed by atoms with Gasteiger partial charge >= 0.3 is 0 Å². The van der Waals surface area contributed by atoms with Crippen molar-refractivity contribution in [3.63, 3.8) is 0 Å². The lowest BCUT2D eigenvalue weighted by Crippen LogP contribution is -2.51. The predicted molar refractivity (Wildman–Crippen MR) is 89.9 cm³/mol. The Bertz CT molecular complexity index is 528. The Balaban J connectivity index is 1.66. The van der Waals surface area contributed by atoms with Gasteiger partial charge in [0, 0.05) is 36.5 Å². The zero-order valence-corrected chi connectivity index (χ0v) is 13.8. The van der Waals surface area contributed by atoms with E-state index in [1.54, 1.807) is 0 Å². The number of carbonyl (C=O) groups excluding carboxylic acids is 1. The minimum Gasteiger partial charge on any atom is -0.341 e. The van der Waals surface area contributed by atoms with Crippen molar-refractivity contribution < 1.29 is 4.79 Å². The molecule has 1 saturated carbocycles. The molecule has 1 aliphatic carbocycles. The van der Waals surface area contributed by atoms with Crippen molar-refractivity contribution >= 4 is 17.5 Å². The second-order valence-corrected chi connectivity index (χ2v) is 7.21. The second kappa shape index (κ2) is 7.01. The van der Waals surface area contributed by atoms with E-state index in [4.69, 9.17) is 17.3 Å². The maximum Gasteiger partial charge on any atom is 0.223 e. The molecule has 2 aliphatic rings. The zero-order valence-electron chi connectivity index (χ0n) is 13.0. The van der Waals surface area contributed by atoms with Crippen molar-refractivity contribution in [3.05, 3.63) is 34.9 Å². The highest BCUT2D eigenvalue weighted by Gasteiger charge is 2.34. The Morgan fingerprint density at radius 1 is 1.18 bits per heavy atom. The van der Waals surface area contributed by atoms with Crippen molar-refractivity contribution in [3.8, 4) is 0 Å². The van der Waals surface area contributed by atoms with Gasteiger partial charge in [-0.05, 0) is 30.4 Å². The number of rotatable bonds is 3. The monoisotopic (exact) mass is 320 g/mol. The number of amides is 1. The first-order chi connectivity index (χ1) is 10.6. The summed E-state index contributed by atoms with van der Waals surface area (Å²) >= 11 is 6.28. The minimum absolute atomic E-state index is 0.0267. The lowest BCUT2D eigenvalue weighted by molar-refractivity contribution is -0.135. The van der Waals surface area contributed by atoms with E-state index >= 15 is 0 Å². The van der Waals surface area contributed by atoms with Gasteiger partial charge in [-0.1, -0.05) is 49.1 Å². The molecule has 1 amide bonds. The van der Waals surface area contributed by atoms with E-state index in [-0.39, 0.29) is 17.9 Å². The first-order valence-corrected chi connectivity index (χ1v) is 8.80. The van der Waals surface area contributed by atoms with Gasteiger partial charge < -0.3 is 10.6 Å². The van der Waals surface area contributed by atoms with Gasteiger partial charge in [0.2, 0.25) is 5.91 Å². The summed E-state index contributed by atoms with van der Waals surface area (Å²) in [6, 6.07) is 7.73. The zero-order chi connectivity index (χ0) is 15.5. The van der Waals surface area contributed by atoms with E-state index in [0.717, 1.165) is 17.1 Å². The van der Waals surface area contributed by atoms with E-state index in [0.29, 0.717) is 18.9 Å². The van der Waals surface area contributed by atoms with Crippen molar-refractivity contribution in [1.82, 2.24) is 4.90 Å². The highest BCUT2D eigenvalue weighted by atomic mass is 35.5. The Labute approximate surface area is 137 Å². The fourth-order valence-corrected chi connectivity index (χ4v) is 4.20. The quantitative estimate of drug-likeness (QED) is 0.925. The molecule has 4 heteroatoms. The van der Waals surface area contributed by atoms with Crippen LogP contribution in [-0.2, 0) is 4.79 Å². The average molecular weight is 321 g/mol. The van der Waals surface area contributed by atoms with E-state index in [1.165, 1.54) is 32.1 Å². The van der Waals surface area contributed by atoms with Crippen molar-refractivity contribution in [1.29, 1.82) is 0 Å². The number of likely N-dealkylation sites (tertiary alicyclic amines) is 1. The average Bonchev–Trinajstić information content (AvgIpc) is 2.52. The summed E-state index contributed by atoms with van der Waals surface area (Å²) in [5.41, 5.74) is 7.40. The summed E-state index contributed by atoms with van der Waals surface area (Å²) in [5, 5.41) is 0.719. The predicted octanol–water partition coefficient (Wildman–Crippen LogP) is 3.56. The number of nitrogens with zero attached hydrogens (tertiary/aromatic N) is 1. The molecule has 0 radical (unpaired) electrons. The summed E-state index contributed by atoms with van der Waals surface area (Å²) in [6.45, 7) is 1.55. The molecule has 0 unspecified atom stereocenters. The van der Waals surface area contributed by atoms with Crippen LogP contribution in [0.1, 0.15) is 50.0 Å². The molecule has 1 saturated heterocycles. The first kappa shape index (κ1) is 15.8. The van der Waals surface area contributed by atoms with Gasteiger partial charge in [0.25, 0.3) is 0 Å². The van der Waals surface area contributed by atoms with Gasteiger partial charge in [0.1, 0.15) is 0 Å². The Hall–Kier alpha value is -1.06.